The largest absolute Gasteiger partial charge is 0.595 e. The Bertz CT molecular complexity index is 898. The van der Waals surface area contributed by atoms with Crippen molar-refractivity contribution < 1.29 is 20.1 Å². The highest BCUT2D eigenvalue weighted by atomic mass is 16.8. The summed E-state index contributed by atoms with van der Waals surface area (Å²) in [6, 6.07) is 16.5. The van der Waals surface area contributed by atoms with E-state index in [1.807, 2.05) is 30.3 Å². The van der Waals surface area contributed by atoms with Crippen LogP contribution in [-0.4, -0.2) is 38.0 Å². The van der Waals surface area contributed by atoms with Gasteiger partial charge in [0.1, 0.15) is 0 Å². The van der Waals surface area contributed by atoms with Crippen molar-refractivity contribution in [3.05, 3.63) is 82.6 Å². The van der Waals surface area contributed by atoms with Gasteiger partial charge in [0.25, 0.3) is 0 Å². The number of hydrogen-bond donors (Lipinski definition) is 3. The Balaban J connectivity index is 1.47. The van der Waals surface area contributed by atoms with Gasteiger partial charge in [0.15, 0.2) is 11.5 Å². The molecular weight excluding hydrogens is 360 g/mol. The van der Waals surface area contributed by atoms with Crippen LogP contribution in [0.1, 0.15) is 35.3 Å². The molecule has 146 valence electrons. The second-order valence-electron chi connectivity index (χ2n) is 7.05. The summed E-state index contributed by atoms with van der Waals surface area (Å²) in [6.45, 7) is 1.07. The first-order valence-corrected chi connectivity index (χ1v) is 9.19. The van der Waals surface area contributed by atoms with Crippen molar-refractivity contribution >= 4 is 5.69 Å². The molecular formula is C20H22N4O4. The number of nitrogens with one attached hydrogen (secondary N) is 1. The highest BCUT2D eigenvalue weighted by Gasteiger charge is 2.35. The number of nitrogens with zero attached hydrogens (tertiary/aromatic N) is 3. The summed E-state index contributed by atoms with van der Waals surface area (Å²) in [5, 5.41) is 33.3. The van der Waals surface area contributed by atoms with E-state index in [2.05, 4.69) is 15.0 Å². The first-order valence-electron chi connectivity index (χ1n) is 9.19. The Kier molecular flexibility index (Phi) is 5.47. The zero-order valence-corrected chi connectivity index (χ0v) is 15.2. The maximum Gasteiger partial charge on any atom is 0.244 e. The van der Waals surface area contributed by atoms with Crippen LogP contribution in [0.4, 0.5) is 5.69 Å². The molecule has 0 radical (unpaired) electrons. The van der Waals surface area contributed by atoms with Gasteiger partial charge in [0.05, 0.1) is 12.1 Å². The van der Waals surface area contributed by atoms with Gasteiger partial charge in [-0.2, -0.15) is 10.2 Å². The summed E-state index contributed by atoms with van der Waals surface area (Å²) in [5.41, 5.74) is 2.33. The van der Waals surface area contributed by atoms with Gasteiger partial charge in [-0.15, -0.1) is 0 Å². The lowest BCUT2D eigenvalue weighted by Crippen LogP contribution is -2.99. The summed E-state index contributed by atoms with van der Waals surface area (Å²) in [7, 11) is 0. The van der Waals surface area contributed by atoms with Crippen LogP contribution >= 0.6 is 0 Å². The summed E-state index contributed by atoms with van der Waals surface area (Å²) in [5.74, 6) is 1.12. The van der Waals surface area contributed by atoms with Gasteiger partial charge in [-0.1, -0.05) is 47.6 Å². The number of benzene rings is 2. The van der Waals surface area contributed by atoms with E-state index in [9.17, 15) is 10.3 Å². The van der Waals surface area contributed by atoms with Crippen molar-refractivity contribution in [2.75, 3.05) is 6.54 Å². The number of β-amino-alcohol motifs (C(OH)–C–C–N with tert-alkyl or cyclic N) is 1. The zero-order chi connectivity index (χ0) is 19.5. The molecule has 2 heterocycles. The number of hydrogen-bond acceptors (Lipinski definition) is 7. The van der Waals surface area contributed by atoms with Gasteiger partial charge in [0, 0.05) is 31.6 Å². The van der Waals surface area contributed by atoms with Gasteiger partial charge in [-0.05, 0) is 17.5 Å². The van der Waals surface area contributed by atoms with Gasteiger partial charge >= 0.3 is 0 Å². The van der Waals surface area contributed by atoms with Crippen LogP contribution in [0.3, 0.4) is 0 Å². The van der Waals surface area contributed by atoms with Crippen LogP contribution in [0.5, 0.6) is 0 Å². The molecule has 1 saturated heterocycles. The van der Waals surface area contributed by atoms with E-state index in [0.29, 0.717) is 37.6 Å². The third-order valence-corrected chi connectivity index (χ3v) is 4.94. The summed E-state index contributed by atoms with van der Waals surface area (Å²) in [4.78, 5) is 6.63. The van der Waals surface area contributed by atoms with Crippen LogP contribution < -0.4 is 5.23 Å². The SMILES string of the molecule is [O-][NH+](O)c1ccc(CN2C[C@H](O)C[C@@H]2c2nc(Cc3ccccc3)no2)cc1. The van der Waals surface area contributed by atoms with Crippen LogP contribution in [0.2, 0.25) is 0 Å². The minimum Gasteiger partial charge on any atom is -0.595 e. The molecule has 0 aliphatic carbocycles. The van der Waals surface area contributed by atoms with Crippen LogP contribution in [0.25, 0.3) is 0 Å². The Morgan fingerprint density at radius 2 is 1.86 bits per heavy atom. The standard InChI is InChI=1S/C20H22N4O4/c25-17-11-18(20-21-19(22-28-20)10-14-4-2-1-3-5-14)23(13-17)12-15-6-8-16(9-7-15)24(26)27/h1-9,17-18,24-26H,10-13H2/t17-,18-/m1/s1. The van der Waals surface area contributed by atoms with Crippen molar-refractivity contribution in [1.82, 2.24) is 15.0 Å². The molecule has 0 amide bonds. The third-order valence-electron chi connectivity index (χ3n) is 4.94. The third kappa shape index (κ3) is 4.27. The van der Waals surface area contributed by atoms with Gasteiger partial charge in [-0.25, -0.2) is 5.21 Å². The van der Waals surface area contributed by atoms with E-state index in [1.165, 1.54) is 0 Å². The van der Waals surface area contributed by atoms with E-state index in [4.69, 9.17) is 9.73 Å². The highest BCUT2D eigenvalue weighted by molar-refractivity contribution is 5.32. The first kappa shape index (κ1) is 18.7. The van der Waals surface area contributed by atoms with Crippen LogP contribution in [0, 0.1) is 5.21 Å². The average molecular weight is 382 g/mol. The topological polar surface area (TPSA) is 110 Å². The lowest BCUT2D eigenvalue weighted by Gasteiger charge is -2.21. The molecule has 1 aliphatic rings. The minimum absolute atomic E-state index is 0.161. The lowest BCUT2D eigenvalue weighted by molar-refractivity contribution is -0.991. The number of aliphatic hydroxyl groups is 1. The van der Waals surface area contributed by atoms with Gasteiger partial charge in [-0.3, -0.25) is 4.90 Å². The Hall–Kier alpha value is -2.62. The van der Waals surface area contributed by atoms with E-state index in [-0.39, 0.29) is 11.7 Å². The Morgan fingerprint density at radius 1 is 1.11 bits per heavy atom. The van der Waals surface area contributed by atoms with Crippen molar-refractivity contribution in [3.8, 4) is 0 Å². The highest BCUT2D eigenvalue weighted by Crippen LogP contribution is 2.32. The second kappa shape index (κ2) is 8.17. The van der Waals surface area contributed by atoms with Gasteiger partial charge in [0.2, 0.25) is 5.89 Å². The molecule has 0 saturated carbocycles. The molecule has 8 nitrogen and oxygen atoms in total. The molecule has 3 atom stereocenters. The van der Waals surface area contributed by atoms with E-state index in [0.717, 1.165) is 11.1 Å². The molecule has 2 aromatic carbocycles. The molecule has 1 aliphatic heterocycles. The molecule has 3 N–H and O–H groups in total. The summed E-state index contributed by atoms with van der Waals surface area (Å²) < 4.78 is 5.50. The molecule has 1 fully saturated rings. The van der Waals surface area contributed by atoms with E-state index < -0.39 is 11.3 Å². The molecule has 1 unspecified atom stereocenters. The maximum atomic E-state index is 11.0. The van der Waals surface area contributed by atoms with Gasteiger partial charge < -0.3 is 14.8 Å². The predicted molar refractivity (Wildman–Crippen MR) is 99.5 cm³/mol. The fourth-order valence-corrected chi connectivity index (χ4v) is 3.55. The molecule has 28 heavy (non-hydrogen) atoms. The van der Waals surface area contributed by atoms with E-state index >= 15 is 0 Å². The number of likely N-dealkylation sites (tertiary alicyclic amines) is 1. The van der Waals surface area contributed by atoms with Crippen molar-refractivity contribution in [2.45, 2.75) is 31.5 Å². The van der Waals surface area contributed by atoms with Crippen LogP contribution in [-0.2, 0) is 13.0 Å². The predicted octanol–water partition coefficient (Wildman–Crippen LogP) is 1.37. The molecule has 4 rings (SSSR count). The number of rotatable bonds is 6. The smallest absolute Gasteiger partial charge is 0.244 e. The first-order chi connectivity index (χ1) is 13.6. The Labute approximate surface area is 162 Å². The average Bonchev–Trinajstić information content (AvgIpc) is 3.29. The van der Waals surface area contributed by atoms with Crippen molar-refractivity contribution in [1.29, 1.82) is 0 Å². The monoisotopic (exact) mass is 382 g/mol. The zero-order valence-electron chi connectivity index (χ0n) is 15.2. The molecule has 0 spiro atoms. The second-order valence-corrected chi connectivity index (χ2v) is 7.05. The van der Waals surface area contributed by atoms with Crippen molar-refractivity contribution in [2.24, 2.45) is 0 Å². The summed E-state index contributed by atoms with van der Waals surface area (Å²) in [6.07, 6.45) is 0.656. The quantitative estimate of drug-likeness (QED) is 0.552. The summed E-state index contributed by atoms with van der Waals surface area (Å²) >= 11 is 0. The molecule has 0 bridgehead atoms. The van der Waals surface area contributed by atoms with Crippen LogP contribution in [0.15, 0.2) is 59.1 Å². The minimum atomic E-state index is -0.946. The number of aromatic nitrogens is 2. The fraction of sp³-hybridized carbons (Fsp3) is 0.300. The Morgan fingerprint density at radius 3 is 2.57 bits per heavy atom. The number of quaternary nitrogens is 1. The lowest BCUT2D eigenvalue weighted by atomic mass is 10.1. The fourth-order valence-electron chi connectivity index (χ4n) is 3.55. The molecule has 1 aromatic heterocycles. The molecule has 8 heteroatoms. The number of aliphatic hydroxyl groups excluding tert-OH is 1. The van der Waals surface area contributed by atoms with E-state index in [1.54, 1.807) is 24.3 Å². The van der Waals surface area contributed by atoms with Crippen molar-refractivity contribution in [3.63, 3.8) is 0 Å². The maximum absolute atomic E-state index is 11.0. The normalized spacial score (nSPS) is 21.1. The molecule has 3 aromatic rings.